The maximum atomic E-state index is 14.2. The van der Waals surface area contributed by atoms with Gasteiger partial charge >= 0.3 is 5.97 Å². The third-order valence-corrected chi connectivity index (χ3v) is 12.6. The molecule has 0 radical (unpaired) electrons. The van der Waals surface area contributed by atoms with Crippen LogP contribution in [-0.2, 0) is 62.5 Å². The molecule has 0 amide bonds. The van der Waals surface area contributed by atoms with E-state index >= 15 is 0 Å². The van der Waals surface area contributed by atoms with Crippen molar-refractivity contribution >= 4 is 17.7 Å². The maximum absolute atomic E-state index is 14.2. The monoisotopic (exact) mass is 880 g/mol. The van der Waals surface area contributed by atoms with Crippen LogP contribution in [-0.4, -0.2) is 73.1 Å². The third-order valence-electron chi connectivity index (χ3n) is 11.5. The van der Waals surface area contributed by atoms with Crippen LogP contribution in [0.1, 0.15) is 45.8 Å². The standard InChI is InChI=1S/C53H52O10S/c1-36-44(55-32-37-20-8-2-9-21-37)46(56-33-38-22-10-3-11-23-38)48(57-34-39-24-12-4-13-25-39)52(59-36)63-49-47(61-50(54)40-26-14-5-15-27-40)45-43(60-53(49)64-42-30-18-7-19-31-42)35-58-51(62-45)41-28-16-6-17-29-41/h2-31,36,43-49,51-53H,32-35H2,1H3/t36?,43?,44-,45-,46?,47?,48?,49?,51?,52-,53-/m0/s1. The van der Waals surface area contributed by atoms with Crippen LogP contribution in [0.25, 0.3) is 0 Å². The van der Waals surface area contributed by atoms with Crippen molar-refractivity contribution in [1.82, 2.24) is 0 Å². The zero-order valence-corrected chi connectivity index (χ0v) is 36.3. The normalized spacial score (nSPS) is 27.9. The van der Waals surface area contributed by atoms with Gasteiger partial charge in [0.2, 0.25) is 0 Å². The maximum Gasteiger partial charge on any atom is 0.338 e. The van der Waals surface area contributed by atoms with Crippen LogP contribution in [0.15, 0.2) is 187 Å². The lowest BCUT2D eigenvalue weighted by molar-refractivity contribution is -0.363. The highest BCUT2D eigenvalue weighted by Gasteiger charge is 2.56. The molecule has 9 rings (SSSR count). The zero-order valence-electron chi connectivity index (χ0n) is 35.5. The molecular formula is C53H52O10S. The summed E-state index contributed by atoms with van der Waals surface area (Å²) in [6, 6.07) is 58.5. The van der Waals surface area contributed by atoms with Gasteiger partial charge in [-0.3, -0.25) is 0 Å². The average molecular weight is 881 g/mol. The number of fused-ring (bicyclic) bond motifs is 1. The molecule has 10 nitrogen and oxygen atoms in total. The lowest BCUT2D eigenvalue weighted by atomic mass is 9.96. The summed E-state index contributed by atoms with van der Waals surface area (Å²) in [5, 5.41) is 0. The number of rotatable bonds is 16. The van der Waals surface area contributed by atoms with E-state index in [4.69, 9.17) is 42.6 Å². The molecule has 3 heterocycles. The number of carbonyl (C=O) groups excluding carboxylic acids is 1. The van der Waals surface area contributed by atoms with Gasteiger partial charge in [0.05, 0.1) is 38.1 Å². The highest BCUT2D eigenvalue weighted by Crippen LogP contribution is 2.43. The molecular weight excluding hydrogens is 829 g/mol. The van der Waals surface area contributed by atoms with Gasteiger partial charge in [0.15, 0.2) is 18.7 Å². The number of esters is 1. The van der Waals surface area contributed by atoms with E-state index in [1.807, 2.05) is 165 Å². The molecule has 3 saturated heterocycles. The lowest BCUT2D eigenvalue weighted by Crippen LogP contribution is -2.66. The summed E-state index contributed by atoms with van der Waals surface area (Å²) in [6.07, 6.45) is -7.75. The second kappa shape index (κ2) is 21.7. The number of hydrogen-bond acceptors (Lipinski definition) is 11. The van der Waals surface area contributed by atoms with E-state index in [0.29, 0.717) is 12.2 Å². The smallest absolute Gasteiger partial charge is 0.338 e. The SMILES string of the molecule is CC1O[C@@H](OC2C(OC(=O)c3ccccc3)[C@H]3OC(c4ccccc4)OCC3O[C@H]2Sc2ccccc2)C(OCc2ccccc2)C(OCc2ccccc2)[C@H]1OCc1ccccc1. The van der Waals surface area contributed by atoms with Gasteiger partial charge < -0.3 is 42.6 Å². The Morgan fingerprint density at radius 2 is 1.05 bits per heavy atom. The minimum Gasteiger partial charge on any atom is -0.453 e. The van der Waals surface area contributed by atoms with E-state index in [1.165, 1.54) is 11.8 Å². The Hall–Kier alpha value is -5.18. The fraction of sp³-hybridized carbons (Fsp3) is 0.302. The summed E-state index contributed by atoms with van der Waals surface area (Å²) >= 11 is 1.47. The van der Waals surface area contributed by atoms with E-state index in [2.05, 4.69) is 0 Å². The summed E-state index contributed by atoms with van der Waals surface area (Å²) < 4.78 is 61.3. The lowest BCUT2D eigenvalue weighted by Gasteiger charge is -2.51. The van der Waals surface area contributed by atoms with Crippen molar-refractivity contribution < 1.29 is 47.4 Å². The molecule has 330 valence electrons. The van der Waals surface area contributed by atoms with Gasteiger partial charge in [-0.25, -0.2) is 4.79 Å². The number of thioether (sulfide) groups is 1. The highest BCUT2D eigenvalue weighted by molar-refractivity contribution is 7.99. The fourth-order valence-electron chi connectivity index (χ4n) is 8.23. The quantitative estimate of drug-likeness (QED) is 0.0870. The molecule has 0 saturated carbocycles. The first kappa shape index (κ1) is 44.0. The molecule has 11 atom stereocenters. The second-order valence-electron chi connectivity index (χ2n) is 16.0. The topological polar surface area (TPSA) is 100 Å². The van der Waals surface area contributed by atoms with Gasteiger partial charge in [-0.1, -0.05) is 169 Å². The Balaban J connectivity index is 1.09. The molecule has 64 heavy (non-hydrogen) atoms. The predicted molar refractivity (Wildman–Crippen MR) is 241 cm³/mol. The molecule has 0 bridgehead atoms. The van der Waals surface area contributed by atoms with Crippen LogP contribution in [0.5, 0.6) is 0 Å². The predicted octanol–water partition coefficient (Wildman–Crippen LogP) is 9.73. The van der Waals surface area contributed by atoms with Gasteiger partial charge in [-0.2, -0.15) is 0 Å². The molecule has 7 unspecified atom stereocenters. The molecule has 0 aliphatic carbocycles. The molecule has 6 aromatic rings. The number of ether oxygens (including phenoxy) is 9. The number of benzene rings is 6. The molecule has 3 fully saturated rings. The van der Waals surface area contributed by atoms with Crippen molar-refractivity contribution in [2.24, 2.45) is 0 Å². The van der Waals surface area contributed by atoms with Gasteiger partial charge in [0.1, 0.15) is 42.1 Å². The second-order valence-corrected chi connectivity index (χ2v) is 17.2. The first-order valence-electron chi connectivity index (χ1n) is 21.8. The van der Waals surface area contributed by atoms with E-state index in [-0.39, 0.29) is 19.8 Å². The molecule has 0 spiro atoms. The third kappa shape index (κ3) is 11.0. The first-order chi connectivity index (χ1) is 31.6. The number of hydrogen-bond donors (Lipinski definition) is 0. The summed E-state index contributed by atoms with van der Waals surface area (Å²) in [7, 11) is 0. The van der Waals surface area contributed by atoms with Crippen molar-refractivity contribution in [2.75, 3.05) is 6.61 Å². The average Bonchev–Trinajstić information content (AvgIpc) is 3.35. The first-order valence-corrected chi connectivity index (χ1v) is 22.7. The van der Waals surface area contributed by atoms with E-state index in [9.17, 15) is 4.79 Å². The summed E-state index contributed by atoms with van der Waals surface area (Å²) in [4.78, 5) is 15.1. The molecule has 3 aliphatic rings. The van der Waals surface area contributed by atoms with E-state index < -0.39 is 72.8 Å². The Bertz CT molecular complexity index is 2310. The molecule has 0 aromatic heterocycles. The van der Waals surface area contributed by atoms with Gasteiger partial charge in [-0.05, 0) is 47.9 Å². The molecule has 0 N–H and O–H groups in total. The van der Waals surface area contributed by atoms with Crippen LogP contribution in [0.2, 0.25) is 0 Å². The Morgan fingerprint density at radius 3 is 1.62 bits per heavy atom. The summed E-state index contributed by atoms with van der Waals surface area (Å²) in [5.74, 6) is -0.525. The van der Waals surface area contributed by atoms with Gasteiger partial charge in [0.25, 0.3) is 0 Å². The van der Waals surface area contributed by atoms with Crippen molar-refractivity contribution in [3.8, 4) is 0 Å². The van der Waals surface area contributed by atoms with Crippen molar-refractivity contribution in [2.45, 2.75) is 98.5 Å². The highest BCUT2D eigenvalue weighted by atomic mass is 32.2. The largest absolute Gasteiger partial charge is 0.453 e. The van der Waals surface area contributed by atoms with E-state index in [0.717, 1.165) is 27.1 Å². The Labute approximate surface area is 378 Å². The van der Waals surface area contributed by atoms with Crippen LogP contribution < -0.4 is 0 Å². The van der Waals surface area contributed by atoms with Gasteiger partial charge in [0, 0.05) is 10.5 Å². The minimum absolute atomic E-state index is 0.192. The fourth-order valence-corrected chi connectivity index (χ4v) is 9.37. The van der Waals surface area contributed by atoms with Crippen LogP contribution in [0.3, 0.4) is 0 Å². The molecule has 3 aliphatic heterocycles. The Kier molecular flexibility index (Phi) is 14.9. The summed E-state index contributed by atoms with van der Waals surface area (Å²) in [5.41, 5.74) is 3.46. The Morgan fingerprint density at radius 1 is 0.547 bits per heavy atom. The number of carbonyl (C=O) groups is 1. The molecule has 11 heteroatoms. The van der Waals surface area contributed by atoms with Crippen molar-refractivity contribution in [3.05, 3.63) is 210 Å². The molecule has 6 aromatic carbocycles. The summed E-state index contributed by atoms with van der Waals surface area (Å²) in [6.45, 7) is 3.00. The van der Waals surface area contributed by atoms with Crippen LogP contribution >= 0.6 is 11.8 Å². The van der Waals surface area contributed by atoms with Crippen molar-refractivity contribution in [3.63, 3.8) is 0 Å². The minimum atomic E-state index is -1.05. The van der Waals surface area contributed by atoms with Crippen LogP contribution in [0.4, 0.5) is 0 Å². The van der Waals surface area contributed by atoms with Crippen LogP contribution in [0, 0.1) is 0 Å². The zero-order chi connectivity index (χ0) is 43.5. The van der Waals surface area contributed by atoms with Crippen molar-refractivity contribution in [1.29, 1.82) is 0 Å². The van der Waals surface area contributed by atoms with E-state index in [1.54, 1.807) is 24.3 Å². The van der Waals surface area contributed by atoms with Gasteiger partial charge in [-0.15, -0.1) is 0 Å².